The summed E-state index contributed by atoms with van der Waals surface area (Å²) >= 11 is 0. The summed E-state index contributed by atoms with van der Waals surface area (Å²) in [6, 6.07) is 16.1. The molecule has 0 fully saturated rings. The fourth-order valence-corrected chi connectivity index (χ4v) is 2.34. The summed E-state index contributed by atoms with van der Waals surface area (Å²) in [5.74, 6) is 1.78. The van der Waals surface area contributed by atoms with E-state index in [4.69, 9.17) is 14.2 Å². The van der Waals surface area contributed by atoms with Gasteiger partial charge in [0.15, 0.2) is 0 Å². The summed E-state index contributed by atoms with van der Waals surface area (Å²) in [7, 11) is 0. The van der Waals surface area contributed by atoms with Gasteiger partial charge in [-0.05, 0) is 38.5 Å². The van der Waals surface area contributed by atoms with Crippen molar-refractivity contribution in [3.63, 3.8) is 0 Å². The molecular weight excluding hydrogens is 314 g/mol. The van der Waals surface area contributed by atoms with E-state index < -0.39 is 0 Å². The summed E-state index contributed by atoms with van der Waals surface area (Å²) < 4.78 is 17.0. The van der Waals surface area contributed by atoms with Crippen molar-refractivity contribution >= 4 is 5.69 Å². The fraction of sp³-hybridized carbons (Fsp3) is 0.429. The third kappa shape index (κ3) is 6.67. The van der Waals surface area contributed by atoms with Crippen LogP contribution in [0.3, 0.4) is 0 Å². The van der Waals surface area contributed by atoms with Crippen LogP contribution in [-0.2, 0) is 11.3 Å². The van der Waals surface area contributed by atoms with E-state index in [1.807, 2.05) is 49.4 Å². The van der Waals surface area contributed by atoms with Crippen LogP contribution in [0, 0.1) is 0 Å². The number of ether oxygens (including phenoxy) is 3. The molecule has 1 N–H and O–H groups in total. The second kappa shape index (κ2) is 10.6. The Morgan fingerprint density at radius 2 is 1.84 bits per heavy atom. The van der Waals surface area contributed by atoms with Gasteiger partial charge >= 0.3 is 0 Å². The molecule has 2 aromatic rings. The number of rotatable bonds is 11. The van der Waals surface area contributed by atoms with Gasteiger partial charge in [-0.3, -0.25) is 0 Å². The van der Waals surface area contributed by atoms with Gasteiger partial charge in [0.05, 0.1) is 12.7 Å². The third-order valence-electron chi connectivity index (χ3n) is 3.89. The lowest BCUT2D eigenvalue weighted by Crippen LogP contribution is -2.10. The van der Waals surface area contributed by atoms with Crippen LogP contribution >= 0.6 is 0 Å². The Labute approximate surface area is 151 Å². The molecular formula is C21H29NO3. The molecule has 2 rings (SSSR count). The standard InChI is InChI=1S/C21H29NO3/c1-4-17(3)25-20-11-8-10-19(15-20)22-16-18-9-6-7-12-21(18)24-14-13-23-5-2/h6-12,15,17,22H,4-5,13-14,16H2,1-3H3. The topological polar surface area (TPSA) is 39.7 Å². The molecule has 0 aliphatic carbocycles. The molecule has 0 aliphatic heterocycles. The lowest BCUT2D eigenvalue weighted by Gasteiger charge is -2.15. The largest absolute Gasteiger partial charge is 0.491 e. The lowest BCUT2D eigenvalue weighted by atomic mass is 10.2. The molecule has 1 atom stereocenters. The van der Waals surface area contributed by atoms with Crippen LogP contribution in [-0.4, -0.2) is 25.9 Å². The maximum atomic E-state index is 5.88. The highest BCUT2D eigenvalue weighted by Gasteiger charge is 2.05. The molecule has 25 heavy (non-hydrogen) atoms. The van der Waals surface area contributed by atoms with E-state index in [0.717, 1.165) is 29.2 Å². The number of para-hydroxylation sites is 1. The highest BCUT2D eigenvalue weighted by molar-refractivity contribution is 5.49. The van der Waals surface area contributed by atoms with E-state index in [-0.39, 0.29) is 6.10 Å². The molecule has 1 unspecified atom stereocenters. The predicted octanol–water partition coefficient (Wildman–Crippen LogP) is 4.89. The Kier molecular flexibility index (Phi) is 8.13. The van der Waals surface area contributed by atoms with Crippen molar-refractivity contribution in [2.75, 3.05) is 25.1 Å². The molecule has 0 aliphatic rings. The third-order valence-corrected chi connectivity index (χ3v) is 3.89. The Bertz CT molecular complexity index is 630. The number of hydrogen-bond donors (Lipinski definition) is 1. The SMILES string of the molecule is CCOCCOc1ccccc1CNc1cccc(OC(C)CC)c1. The van der Waals surface area contributed by atoms with Crippen LogP contribution in [0.25, 0.3) is 0 Å². The first-order valence-corrected chi connectivity index (χ1v) is 9.02. The first-order valence-electron chi connectivity index (χ1n) is 9.02. The molecule has 2 aromatic carbocycles. The van der Waals surface area contributed by atoms with E-state index in [0.29, 0.717) is 26.4 Å². The number of nitrogens with one attached hydrogen (secondary N) is 1. The quantitative estimate of drug-likeness (QED) is 0.590. The van der Waals surface area contributed by atoms with E-state index in [1.54, 1.807) is 0 Å². The lowest BCUT2D eigenvalue weighted by molar-refractivity contribution is 0.110. The molecule has 4 nitrogen and oxygen atoms in total. The molecule has 0 saturated carbocycles. The van der Waals surface area contributed by atoms with Gasteiger partial charge in [0.1, 0.15) is 18.1 Å². The Hall–Kier alpha value is -2.20. The molecule has 0 heterocycles. The minimum absolute atomic E-state index is 0.217. The Morgan fingerprint density at radius 3 is 2.64 bits per heavy atom. The highest BCUT2D eigenvalue weighted by atomic mass is 16.5. The second-order valence-corrected chi connectivity index (χ2v) is 5.87. The van der Waals surface area contributed by atoms with Crippen LogP contribution in [0.2, 0.25) is 0 Å². The molecule has 0 saturated heterocycles. The zero-order chi connectivity index (χ0) is 17.9. The maximum Gasteiger partial charge on any atom is 0.124 e. The van der Waals surface area contributed by atoms with Crippen LogP contribution in [0.15, 0.2) is 48.5 Å². The van der Waals surface area contributed by atoms with Crippen molar-refractivity contribution in [1.29, 1.82) is 0 Å². The minimum atomic E-state index is 0.217. The molecule has 136 valence electrons. The van der Waals surface area contributed by atoms with Crippen molar-refractivity contribution < 1.29 is 14.2 Å². The minimum Gasteiger partial charge on any atom is -0.491 e. The van der Waals surface area contributed by atoms with Crippen molar-refractivity contribution in [1.82, 2.24) is 0 Å². The van der Waals surface area contributed by atoms with Crippen molar-refractivity contribution in [2.45, 2.75) is 39.8 Å². The van der Waals surface area contributed by atoms with Gasteiger partial charge in [0.2, 0.25) is 0 Å². The average Bonchev–Trinajstić information content (AvgIpc) is 2.64. The van der Waals surface area contributed by atoms with Gasteiger partial charge < -0.3 is 19.5 Å². The predicted molar refractivity (Wildman–Crippen MR) is 103 cm³/mol. The smallest absolute Gasteiger partial charge is 0.124 e. The van der Waals surface area contributed by atoms with Crippen LogP contribution in [0.5, 0.6) is 11.5 Å². The summed E-state index contributed by atoms with van der Waals surface area (Å²) in [5.41, 5.74) is 2.15. The summed E-state index contributed by atoms with van der Waals surface area (Å²) in [6.45, 7) is 8.75. The van der Waals surface area contributed by atoms with E-state index >= 15 is 0 Å². The Balaban J connectivity index is 1.93. The highest BCUT2D eigenvalue weighted by Crippen LogP contribution is 2.22. The summed E-state index contributed by atoms with van der Waals surface area (Å²) in [4.78, 5) is 0. The van der Waals surface area contributed by atoms with Gasteiger partial charge in [0.25, 0.3) is 0 Å². The van der Waals surface area contributed by atoms with Gasteiger partial charge in [-0.2, -0.15) is 0 Å². The van der Waals surface area contributed by atoms with Crippen LogP contribution in [0.4, 0.5) is 5.69 Å². The van der Waals surface area contributed by atoms with Gasteiger partial charge in [-0.25, -0.2) is 0 Å². The first-order chi connectivity index (χ1) is 12.2. The number of benzene rings is 2. The second-order valence-electron chi connectivity index (χ2n) is 5.87. The molecule has 4 heteroatoms. The maximum absolute atomic E-state index is 5.88. The van der Waals surface area contributed by atoms with Crippen molar-refractivity contribution in [3.8, 4) is 11.5 Å². The van der Waals surface area contributed by atoms with Crippen molar-refractivity contribution in [3.05, 3.63) is 54.1 Å². The van der Waals surface area contributed by atoms with Gasteiger partial charge in [-0.1, -0.05) is 31.2 Å². The molecule has 0 amide bonds. The number of hydrogen-bond acceptors (Lipinski definition) is 4. The molecule has 0 spiro atoms. The van der Waals surface area contributed by atoms with E-state index in [2.05, 4.69) is 25.2 Å². The zero-order valence-corrected chi connectivity index (χ0v) is 15.5. The summed E-state index contributed by atoms with van der Waals surface area (Å²) in [6.07, 6.45) is 1.21. The average molecular weight is 343 g/mol. The van der Waals surface area contributed by atoms with E-state index in [9.17, 15) is 0 Å². The van der Waals surface area contributed by atoms with Gasteiger partial charge in [0, 0.05) is 30.5 Å². The normalized spacial score (nSPS) is 11.8. The monoisotopic (exact) mass is 343 g/mol. The molecule has 0 radical (unpaired) electrons. The summed E-state index contributed by atoms with van der Waals surface area (Å²) in [5, 5.41) is 3.44. The van der Waals surface area contributed by atoms with E-state index in [1.165, 1.54) is 0 Å². The van der Waals surface area contributed by atoms with Gasteiger partial charge in [-0.15, -0.1) is 0 Å². The van der Waals surface area contributed by atoms with Crippen LogP contribution < -0.4 is 14.8 Å². The zero-order valence-electron chi connectivity index (χ0n) is 15.5. The fourth-order valence-electron chi connectivity index (χ4n) is 2.34. The van der Waals surface area contributed by atoms with Crippen molar-refractivity contribution in [2.24, 2.45) is 0 Å². The molecule has 0 bridgehead atoms. The van der Waals surface area contributed by atoms with Crippen LogP contribution in [0.1, 0.15) is 32.8 Å². The number of anilines is 1. The first kappa shape index (κ1) is 19.1. The molecule has 0 aromatic heterocycles. The Morgan fingerprint density at radius 1 is 1.00 bits per heavy atom.